The van der Waals surface area contributed by atoms with Crippen LogP contribution in [0.2, 0.25) is 0 Å². The van der Waals surface area contributed by atoms with E-state index in [-0.39, 0.29) is 5.56 Å². The van der Waals surface area contributed by atoms with Gasteiger partial charge in [-0.2, -0.15) is 0 Å². The van der Waals surface area contributed by atoms with Crippen molar-refractivity contribution in [2.45, 2.75) is 19.4 Å². The number of benzene rings is 1. The molecule has 3 aromatic rings. The summed E-state index contributed by atoms with van der Waals surface area (Å²) in [7, 11) is 2.08. The fourth-order valence-corrected chi connectivity index (χ4v) is 4.04. The molecule has 0 saturated heterocycles. The van der Waals surface area contributed by atoms with Gasteiger partial charge in [0.25, 0.3) is 5.56 Å². The highest BCUT2D eigenvalue weighted by molar-refractivity contribution is 5.90. The molecule has 0 spiro atoms. The van der Waals surface area contributed by atoms with Gasteiger partial charge in [0.15, 0.2) is 0 Å². The maximum absolute atomic E-state index is 12.7. The van der Waals surface area contributed by atoms with E-state index in [0.29, 0.717) is 6.61 Å². The van der Waals surface area contributed by atoms with Crippen molar-refractivity contribution in [1.82, 2.24) is 14.9 Å². The minimum Gasteiger partial charge on any atom is -0.477 e. The number of aromatic amines is 1. The molecule has 5 rings (SSSR count). The Morgan fingerprint density at radius 2 is 2.08 bits per heavy atom. The third-order valence-corrected chi connectivity index (χ3v) is 5.31. The number of nitrogens with zero attached hydrogens (tertiary/aromatic N) is 2. The summed E-state index contributed by atoms with van der Waals surface area (Å²) in [5, 5.41) is 1.85. The number of H-pyrrole nitrogens is 1. The van der Waals surface area contributed by atoms with E-state index >= 15 is 0 Å². The summed E-state index contributed by atoms with van der Waals surface area (Å²) < 4.78 is 5.57. The van der Waals surface area contributed by atoms with Crippen LogP contribution in [0.5, 0.6) is 5.88 Å². The van der Waals surface area contributed by atoms with Crippen LogP contribution < -0.4 is 10.3 Å². The quantitative estimate of drug-likeness (QED) is 0.743. The maximum Gasteiger partial charge on any atom is 0.256 e. The highest BCUT2D eigenvalue weighted by atomic mass is 16.5. The molecule has 5 nitrogen and oxygen atoms in total. The van der Waals surface area contributed by atoms with E-state index in [1.165, 1.54) is 5.56 Å². The van der Waals surface area contributed by atoms with E-state index in [9.17, 15) is 4.79 Å². The third kappa shape index (κ3) is 2.27. The van der Waals surface area contributed by atoms with E-state index in [0.717, 1.165) is 65.0 Å². The molecule has 0 amide bonds. The van der Waals surface area contributed by atoms with Crippen LogP contribution in [0.1, 0.15) is 16.8 Å². The molecule has 4 heterocycles. The predicted octanol–water partition coefficient (Wildman–Crippen LogP) is 2.51. The van der Waals surface area contributed by atoms with E-state index in [4.69, 9.17) is 4.74 Å². The molecule has 1 N–H and O–H groups in total. The van der Waals surface area contributed by atoms with Crippen molar-refractivity contribution in [2.75, 3.05) is 20.2 Å². The first-order chi connectivity index (χ1) is 12.2. The summed E-state index contributed by atoms with van der Waals surface area (Å²) in [6.07, 6.45) is 3.61. The number of aromatic nitrogens is 2. The molecule has 0 aliphatic carbocycles. The molecule has 1 aromatic carbocycles. The molecule has 0 unspecified atom stereocenters. The van der Waals surface area contributed by atoms with Crippen LogP contribution in [0.15, 0.2) is 35.3 Å². The average molecular weight is 333 g/mol. The molecular formula is C20H19N3O2. The van der Waals surface area contributed by atoms with Crippen LogP contribution in [-0.4, -0.2) is 35.1 Å². The zero-order valence-corrected chi connectivity index (χ0v) is 14.1. The van der Waals surface area contributed by atoms with Crippen molar-refractivity contribution < 1.29 is 4.74 Å². The third-order valence-electron chi connectivity index (χ3n) is 5.31. The first-order valence-corrected chi connectivity index (χ1v) is 8.68. The molecule has 0 bridgehead atoms. The number of fused-ring (bicyclic) bond motifs is 4. The summed E-state index contributed by atoms with van der Waals surface area (Å²) >= 11 is 0. The highest BCUT2D eigenvalue weighted by Crippen LogP contribution is 2.34. The fourth-order valence-electron chi connectivity index (χ4n) is 4.04. The van der Waals surface area contributed by atoms with E-state index < -0.39 is 0 Å². The van der Waals surface area contributed by atoms with Crippen LogP contribution in [0, 0.1) is 0 Å². The van der Waals surface area contributed by atoms with Crippen molar-refractivity contribution in [3.05, 3.63) is 57.6 Å². The lowest BCUT2D eigenvalue weighted by Crippen LogP contribution is -2.29. The van der Waals surface area contributed by atoms with Gasteiger partial charge in [0.1, 0.15) is 0 Å². The average Bonchev–Trinajstić information content (AvgIpc) is 3.10. The van der Waals surface area contributed by atoms with Gasteiger partial charge >= 0.3 is 0 Å². The topological polar surface area (TPSA) is 58.2 Å². The predicted molar refractivity (Wildman–Crippen MR) is 97.0 cm³/mol. The van der Waals surface area contributed by atoms with Gasteiger partial charge in [-0.05, 0) is 47.7 Å². The van der Waals surface area contributed by atoms with Gasteiger partial charge in [-0.1, -0.05) is 12.1 Å². The molecule has 0 atom stereocenters. The Labute approximate surface area is 145 Å². The van der Waals surface area contributed by atoms with Gasteiger partial charge in [-0.3, -0.25) is 4.79 Å². The Morgan fingerprint density at radius 1 is 1.16 bits per heavy atom. The molecular weight excluding hydrogens is 314 g/mol. The van der Waals surface area contributed by atoms with E-state index in [1.807, 2.05) is 12.1 Å². The number of hydrogen-bond donors (Lipinski definition) is 1. The molecule has 2 aromatic heterocycles. The van der Waals surface area contributed by atoms with Crippen molar-refractivity contribution in [3.8, 4) is 17.0 Å². The molecule has 0 saturated carbocycles. The normalized spacial score (nSPS) is 16.5. The Bertz CT molecular complexity index is 1050. The maximum atomic E-state index is 12.7. The molecule has 2 aliphatic heterocycles. The van der Waals surface area contributed by atoms with Crippen LogP contribution in [0.3, 0.4) is 0 Å². The zero-order valence-electron chi connectivity index (χ0n) is 14.1. The summed E-state index contributed by atoms with van der Waals surface area (Å²) in [5.41, 5.74) is 5.63. The van der Waals surface area contributed by atoms with Gasteiger partial charge in [0.2, 0.25) is 5.88 Å². The van der Waals surface area contributed by atoms with Crippen LogP contribution >= 0.6 is 0 Å². The van der Waals surface area contributed by atoms with Gasteiger partial charge in [0.05, 0.1) is 6.61 Å². The van der Waals surface area contributed by atoms with Gasteiger partial charge in [-0.25, -0.2) is 4.98 Å². The molecule has 0 fully saturated rings. The van der Waals surface area contributed by atoms with Gasteiger partial charge < -0.3 is 14.6 Å². The standard InChI is InChI=1S/C20H19N3O2/c1-23-8-5-15-14-3-2-12(10-17(14)19(24)22-18(15)11-23)13-4-7-21-20-16(13)6-9-25-20/h2-4,7,10H,5-6,8-9,11H2,1H3,(H,22,24). The number of pyridine rings is 2. The number of hydrogen-bond acceptors (Lipinski definition) is 4. The molecule has 126 valence electrons. The fraction of sp³-hybridized carbons (Fsp3) is 0.300. The van der Waals surface area contributed by atoms with Crippen molar-refractivity contribution in [2.24, 2.45) is 0 Å². The molecule has 0 radical (unpaired) electrons. The number of nitrogens with one attached hydrogen (secondary N) is 1. The summed E-state index contributed by atoms with van der Waals surface area (Å²) in [4.78, 5) is 22.3. The smallest absolute Gasteiger partial charge is 0.256 e. The Hall–Kier alpha value is -2.66. The monoisotopic (exact) mass is 333 g/mol. The Morgan fingerprint density at radius 3 is 3.00 bits per heavy atom. The molecule has 25 heavy (non-hydrogen) atoms. The summed E-state index contributed by atoms with van der Waals surface area (Å²) in [5.74, 6) is 0.722. The van der Waals surface area contributed by atoms with Crippen molar-refractivity contribution in [3.63, 3.8) is 0 Å². The summed E-state index contributed by atoms with van der Waals surface area (Å²) in [6, 6.07) is 8.25. The van der Waals surface area contributed by atoms with Crippen LogP contribution in [0.4, 0.5) is 0 Å². The lowest BCUT2D eigenvalue weighted by molar-refractivity contribution is 0.308. The van der Waals surface area contributed by atoms with E-state index in [2.05, 4.69) is 34.0 Å². The second-order valence-electron chi connectivity index (χ2n) is 6.90. The van der Waals surface area contributed by atoms with Crippen molar-refractivity contribution in [1.29, 1.82) is 0 Å². The highest BCUT2D eigenvalue weighted by Gasteiger charge is 2.21. The second-order valence-corrected chi connectivity index (χ2v) is 6.90. The lowest BCUT2D eigenvalue weighted by atomic mass is 9.94. The van der Waals surface area contributed by atoms with E-state index in [1.54, 1.807) is 6.20 Å². The van der Waals surface area contributed by atoms with Crippen molar-refractivity contribution >= 4 is 10.8 Å². The van der Waals surface area contributed by atoms with Crippen LogP contribution in [0.25, 0.3) is 21.9 Å². The minimum atomic E-state index is -0.00662. The first-order valence-electron chi connectivity index (χ1n) is 8.68. The first kappa shape index (κ1) is 14.7. The number of rotatable bonds is 1. The largest absolute Gasteiger partial charge is 0.477 e. The SMILES string of the molecule is CN1CCc2c([nH]c(=O)c3cc(-c4ccnc5c4CCO5)ccc23)C1. The molecule has 2 aliphatic rings. The van der Waals surface area contributed by atoms with Gasteiger partial charge in [0, 0.05) is 42.4 Å². The van der Waals surface area contributed by atoms with Crippen LogP contribution in [-0.2, 0) is 19.4 Å². The second kappa shape index (κ2) is 5.43. The minimum absolute atomic E-state index is 0.00662. The lowest BCUT2D eigenvalue weighted by Gasteiger charge is -2.25. The summed E-state index contributed by atoms with van der Waals surface area (Å²) in [6.45, 7) is 2.50. The number of ether oxygens (including phenoxy) is 1. The zero-order chi connectivity index (χ0) is 17.0. The Kier molecular flexibility index (Phi) is 3.18. The Balaban J connectivity index is 1.71. The van der Waals surface area contributed by atoms with Gasteiger partial charge in [-0.15, -0.1) is 0 Å². The molecule has 5 heteroatoms. The number of likely N-dealkylation sites (N-methyl/N-ethyl adjacent to an activating group) is 1.